The fourth-order valence-corrected chi connectivity index (χ4v) is 2.87. The van der Waals surface area contributed by atoms with E-state index < -0.39 is 0 Å². The van der Waals surface area contributed by atoms with E-state index >= 15 is 0 Å². The van der Waals surface area contributed by atoms with Gasteiger partial charge in [-0.2, -0.15) is 0 Å². The molecule has 1 aliphatic carbocycles. The first kappa shape index (κ1) is 15.6. The predicted octanol–water partition coefficient (Wildman–Crippen LogP) is 4.03. The Bertz CT molecular complexity index is 625. The minimum Gasteiger partial charge on any atom is -0.399 e. The van der Waals surface area contributed by atoms with Crippen LogP contribution in [0.1, 0.15) is 51.7 Å². The number of rotatable bonds is 2. The third-order valence-electron chi connectivity index (χ3n) is 5.11. The SMILES string of the molecule is Cc1ccc(C2=CCCC=C2)cc1B1OC(C)(C)C(C)(C)O1. The summed E-state index contributed by atoms with van der Waals surface area (Å²) in [5.41, 5.74) is 4.28. The number of hydrogen-bond donors (Lipinski definition) is 0. The number of hydrogen-bond acceptors (Lipinski definition) is 2. The molecule has 3 heteroatoms. The van der Waals surface area contributed by atoms with Crippen molar-refractivity contribution >= 4 is 18.2 Å². The topological polar surface area (TPSA) is 18.5 Å². The van der Waals surface area contributed by atoms with Crippen LogP contribution in [0.5, 0.6) is 0 Å². The quantitative estimate of drug-likeness (QED) is 0.767. The van der Waals surface area contributed by atoms with Crippen LogP contribution < -0.4 is 5.46 Å². The Morgan fingerprint density at radius 1 is 1.00 bits per heavy atom. The van der Waals surface area contributed by atoms with E-state index in [0.717, 1.165) is 18.3 Å². The molecule has 1 fully saturated rings. The van der Waals surface area contributed by atoms with E-state index in [4.69, 9.17) is 9.31 Å². The molecular weight excluding hydrogens is 271 g/mol. The van der Waals surface area contributed by atoms with Crippen LogP contribution in [0.25, 0.3) is 5.57 Å². The minimum absolute atomic E-state index is 0.293. The van der Waals surface area contributed by atoms with Crippen molar-refractivity contribution in [3.8, 4) is 0 Å². The first-order chi connectivity index (χ1) is 10.3. The lowest BCUT2D eigenvalue weighted by Gasteiger charge is -2.32. The van der Waals surface area contributed by atoms with E-state index in [1.165, 1.54) is 16.7 Å². The van der Waals surface area contributed by atoms with Gasteiger partial charge in [0.05, 0.1) is 11.2 Å². The van der Waals surface area contributed by atoms with Crippen molar-refractivity contribution in [2.45, 2.75) is 58.7 Å². The van der Waals surface area contributed by atoms with Gasteiger partial charge in [0.1, 0.15) is 0 Å². The Morgan fingerprint density at radius 3 is 2.27 bits per heavy atom. The molecule has 2 nitrogen and oxygen atoms in total. The largest absolute Gasteiger partial charge is 0.495 e. The minimum atomic E-state index is -0.301. The van der Waals surface area contributed by atoms with Gasteiger partial charge in [0.2, 0.25) is 0 Å². The Morgan fingerprint density at radius 2 is 1.68 bits per heavy atom. The fourth-order valence-electron chi connectivity index (χ4n) is 2.87. The van der Waals surface area contributed by atoms with Gasteiger partial charge in [-0.3, -0.25) is 0 Å². The van der Waals surface area contributed by atoms with Crippen molar-refractivity contribution in [3.63, 3.8) is 0 Å². The fraction of sp³-hybridized carbons (Fsp3) is 0.474. The summed E-state index contributed by atoms with van der Waals surface area (Å²) in [5.74, 6) is 0. The van der Waals surface area contributed by atoms with Gasteiger partial charge in [-0.15, -0.1) is 0 Å². The Hall–Kier alpha value is -1.32. The molecule has 22 heavy (non-hydrogen) atoms. The molecule has 1 heterocycles. The average Bonchev–Trinajstić information content (AvgIpc) is 2.69. The molecule has 0 spiro atoms. The lowest BCUT2D eigenvalue weighted by atomic mass is 9.75. The highest BCUT2D eigenvalue weighted by Gasteiger charge is 2.52. The van der Waals surface area contributed by atoms with Gasteiger partial charge >= 0.3 is 7.12 Å². The monoisotopic (exact) mass is 296 g/mol. The van der Waals surface area contributed by atoms with Crippen LogP contribution in [0.2, 0.25) is 0 Å². The summed E-state index contributed by atoms with van der Waals surface area (Å²) in [6.07, 6.45) is 9.01. The molecule has 1 saturated heterocycles. The summed E-state index contributed by atoms with van der Waals surface area (Å²) in [5, 5.41) is 0. The Labute approximate surface area is 134 Å². The molecule has 1 aromatic rings. The van der Waals surface area contributed by atoms with Crippen molar-refractivity contribution in [1.82, 2.24) is 0 Å². The van der Waals surface area contributed by atoms with E-state index in [9.17, 15) is 0 Å². The normalized spacial score (nSPS) is 22.8. The lowest BCUT2D eigenvalue weighted by Crippen LogP contribution is -2.41. The molecule has 1 aliphatic heterocycles. The number of allylic oxidation sites excluding steroid dienone is 4. The zero-order valence-corrected chi connectivity index (χ0v) is 14.3. The van der Waals surface area contributed by atoms with E-state index in [-0.39, 0.29) is 18.3 Å². The van der Waals surface area contributed by atoms with Gasteiger partial charge in [0, 0.05) is 0 Å². The highest BCUT2D eigenvalue weighted by atomic mass is 16.7. The number of benzene rings is 1. The smallest absolute Gasteiger partial charge is 0.399 e. The van der Waals surface area contributed by atoms with E-state index in [0.29, 0.717) is 0 Å². The van der Waals surface area contributed by atoms with Crippen LogP contribution in [-0.2, 0) is 9.31 Å². The number of aryl methyl sites for hydroxylation is 1. The van der Waals surface area contributed by atoms with Gasteiger partial charge in [-0.1, -0.05) is 42.0 Å². The first-order valence-electron chi connectivity index (χ1n) is 8.13. The molecule has 1 aromatic carbocycles. The Kier molecular flexibility index (Phi) is 3.82. The van der Waals surface area contributed by atoms with E-state index in [1.807, 2.05) is 0 Å². The zero-order chi connectivity index (χ0) is 16.0. The second-order valence-electron chi connectivity index (χ2n) is 7.30. The predicted molar refractivity (Wildman–Crippen MR) is 93.2 cm³/mol. The maximum atomic E-state index is 6.21. The van der Waals surface area contributed by atoms with E-state index in [1.54, 1.807) is 0 Å². The van der Waals surface area contributed by atoms with Crippen LogP contribution in [0.3, 0.4) is 0 Å². The van der Waals surface area contributed by atoms with Gasteiger partial charge in [-0.25, -0.2) is 0 Å². The van der Waals surface area contributed by atoms with Crippen LogP contribution in [0.4, 0.5) is 0 Å². The van der Waals surface area contributed by atoms with Crippen molar-refractivity contribution in [2.75, 3.05) is 0 Å². The highest BCUT2D eigenvalue weighted by Crippen LogP contribution is 2.37. The zero-order valence-electron chi connectivity index (χ0n) is 14.3. The average molecular weight is 296 g/mol. The molecule has 116 valence electrons. The highest BCUT2D eigenvalue weighted by molar-refractivity contribution is 6.62. The maximum Gasteiger partial charge on any atom is 0.495 e. The molecule has 0 amide bonds. The van der Waals surface area contributed by atoms with Gasteiger partial charge in [0.15, 0.2) is 0 Å². The summed E-state index contributed by atoms with van der Waals surface area (Å²) < 4.78 is 12.4. The molecule has 3 rings (SSSR count). The summed E-state index contributed by atoms with van der Waals surface area (Å²) in [4.78, 5) is 0. The van der Waals surface area contributed by atoms with Gasteiger partial charge in [0.25, 0.3) is 0 Å². The second-order valence-corrected chi connectivity index (χ2v) is 7.30. The molecule has 0 atom stereocenters. The molecule has 0 saturated carbocycles. The lowest BCUT2D eigenvalue weighted by molar-refractivity contribution is 0.00578. The molecular formula is C19H25BO2. The van der Waals surface area contributed by atoms with Crippen LogP contribution >= 0.6 is 0 Å². The molecule has 0 N–H and O–H groups in total. The third kappa shape index (κ3) is 2.68. The van der Waals surface area contributed by atoms with Crippen LogP contribution in [0, 0.1) is 6.92 Å². The molecule has 0 unspecified atom stereocenters. The third-order valence-corrected chi connectivity index (χ3v) is 5.11. The Balaban J connectivity index is 1.95. The standard InChI is InChI=1S/C19H25BO2/c1-14-11-12-16(15-9-7-6-8-10-15)13-17(14)20-21-18(2,3)19(4,5)22-20/h7,9-13H,6,8H2,1-5H3. The summed E-state index contributed by atoms with van der Waals surface area (Å²) in [6.45, 7) is 10.5. The van der Waals surface area contributed by atoms with E-state index in [2.05, 4.69) is 71.0 Å². The summed E-state index contributed by atoms with van der Waals surface area (Å²) in [6, 6.07) is 6.57. The summed E-state index contributed by atoms with van der Waals surface area (Å²) >= 11 is 0. The maximum absolute atomic E-state index is 6.21. The second kappa shape index (κ2) is 5.40. The molecule has 0 aromatic heterocycles. The van der Waals surface area contributed by atoms with Gasteiger partial charge in [-0.05, 0) is 64.1 Å². The summed E-state index contributed by atoms with van der Waals surface area (Å²) in [7, 11) is -0.293. The van der Waals surface area contributed by atoms with Gasteiger partial charge < -0.3 is 9.31 Å². The van der Waals surface area contributed by atoms with Crippen molar-refractivity contribution < 1.29 is 9.31 Å². The molecule has 2 aliphatic rings. The molecule has 0 radical (unpaired) electrons. The van der Waals surface area contributed by atoms with Crippen LogP contribution in [0.15, 0.2) is 36.4 Å². The first-order valence-corrected chi connectivity index (χ1v) is 8.13. The van der Waals surface area contributed by atoms with Crippen molar-refractivity contribution in [1.29, 1.82) is 0 Å². The van der Waals surface area contributed by atoms with Crippen LogP contribution in [-0.4, -0.2) is 18.3 Å². The molecule has 0 bridgehead atoms. The van der Waals surface area contributed by atoms with Crippen molar-refractivity contribution in [2.24, 2.45) is 0 Å². The van der Waals surface area contributed by atoms with Crippen molar-refractivity contribution in [3.05, 3.63) is 47.6 Å².